The molecule has 0 rings (SSSR count). The van der Waals surface area contributed by atoms with Crippen molar-refractivity contribution >= 4 is 11.9 Å². The van der Waals surface area contributed by atoms with Crippen LogP contribution in [0.15, 0.2) is 0 Å². The summed E-state index contributed by atoms with van der Waals surface area (Å²) < 4.78 is 0. The van der Waals surface area contributed by atoms with Crippen LogP contribution in [-0.2, 0) is 9.59 Å². The maximum absolute atomic E-state index is 10.7. The Balaban J connectivity index is 0. The van der Waals surface area contributed by atoms with Crippen LogP contribution in [0.5, 0.6) is 0 Å². The average Bonchev–Trinajstić information content (AvgIpc) is 2.01. The van der Waals surface area contributed by atoms with E-state index in [0.29, 0.717) is 0 Å². The van der Waals surface area contributed by atoms with E-state index in [0.717, 1.165) is 0 Å². The molecule has 5 nitrogen and oxygen atoms in total. The summed E-state index contributed by atoms with van der Waals surface area (Å²) in [6.45, 7) is 0. The van der Waals surface area contributed by atoms with Crippen LogP contribution in [0.4, 0.5) is 0 Å². The molecule has 0 aliphatic rings. The molecule has 78 valence electrons. The summed E-state index contributed by atoms with van der Waals surface area (Å²) >= 11 is 0. The minimum atomic E-state index is -0.935. The zero-order chi connectivity index (χ0) is 10.9. The Hall–Kier alpha value is -1.10. The van der Waals surface area contributed by atoms with Crippen molar-refractivity contribution < 1.29 is 14.7 Å². The Labute approximate surface area is 78.7 Å². The van der Waals surface area contributed by atoms with Gasteiger partial charge in [0.25, 0.3) is 0 Å². The predicted octanol–water partition coefficient (Wildman–Crippen LogP) is -0.225. The molecule has 13 heavy (non-hydrogen) atoms. The summed E-state index contributed by atoms with van der Waals surface area (Å²) in [5, 5.41) is 10.9. The number of nitrogens with one attached hydrogen (secondary N) is 1. The van der Waals surface area contributed by atoms with Gasteiger partial charge in [0.15, 0.2) is 0 Å². The lowest BCUT2D eigenvalue weighted by molar-refractivity contribution is -0.140. The third-order valence-corrected chi connectivity index (χ3v) is 1.05. The Kier molecular flexibility index (Phi) is 9.98. The molecule has 2 N–H and O–H groups in total. The number of nitrogens with zero attached hydrogens (tertiary/aromatic N) is 1. The van der Waals surface area contributed by atoms with Crippen molar-refractivity contribution in [2.75, 3.05) is 28.2 Å². The lowest BCUT2D eigenvalue weighted by atomic mass is 10.3. The number of rotatable bonds is 3. The Bertz CT molecular complexity index is 157. The standard InChI is InChI=1S/C6H11NO3.C2H7N/c1-7(2)5(8)3-4-6(9)10;1-3-2/h3-4H2,1-2H3,(H,9,10);3H,1-2H3. The highest BCUT2D eigenvalue weighted by molar-refractivity contribution is 5.80. The molecule has 1 amide bonds. The minimum Gasteiger partial charge on any atom is -0.481 e. The van der Waals surface area contributed by atoms with E-state index in [1.165, 1.54) is 4.90 Å². The topological polar surface area (TPSA) is 69.6 Å². The second-order valence-corrected chi connectivity index (χ2v) is 2.68. The van der Waals surface area contributed by atoms with Gasteiger partial charge in [-0.3, -0.25) is 9.59 Å². The van der Waals surface area contributed by atoms with Crippen molar-refractivity contribution in [1.82, 2.24) is 10.2 Å². The Morgan fingerprint density at radius 3 is 1.85 bits per heavy atom. The molecule has 0 aliphatic heterocycles. The average molecular weight is 190 g/mol. The highest BCUT2D eigenvalue weighted by Gasteiger charge is 2.05. The van der Waals surface area contributed by atoms with E-state index in [-0.39, 0.29) is 18.7 Å². The summed E-state index contributed by atoms with van der Waals surface area (Å²) in [5.74, 6) is -1.09. The number of carboxylic acid groups (broad SMARTS) is 1. The van der Waals surface area contributed by atoms with Gasteiger partial charge in [-0.2, -0.15) is 0 Å². The van der Waals surface area contributed by atoms with E-state index in [9.17, 15) is 9.59 Å². The van der Waals surface area contributed by atoms with E-state index in [2.05, 4.69) is 5.32 Å². The van der Waals surface area contributed by atoms with Crippen LogP contribution in [0.1, 0.15) is 12.8 Å². The second kappa shape index (κ2) is 8.99. The van der Waals surface area contributed by atoms with E-state index in [1.54, 1.807) is 14.1 Å². The quantitative estimate of drug-likeness (QED) is 0.645. The first-order valence-corrected chi connectivity index (χ1v) is 3.96. The molecule has 0 spiro atoms. The number of aliphatic carboxylic acids is 1. The highest BCUT2D eigenvalue weighted by atomic mass is 16.4. The van der Waals surface area contributed by atoms with Gasteiger partial charge < -0.3 is 15.3 Å². The normalized spacial score (nSPS) is 8.31. The maximum Gasteiger partial charge on any atom is 0.303 e. The summed E-state index contributed by atoms with van der Waals surface area (Å²) in [4.78, 5) is 22.0. The molecule has 5 heteroatoms. The highest BCUT2D eigenvalue weighted by Crippen LogP contribution is 1.92. The summed E-state index contributed by atoms with van der Waals surface area (Å²) in [6, 6.07) is 0. The molecular formula is C8H18N2O3. The molecule has 0 aromatic carbocycles. The van der Waals surface area contributed by atoms with E-state index in [1.807, 2.05) is 14.1 Å². The van der Waals surface area contributed by atoms with Crippen molar-refractivity contribution in [3.8, 4) is 0 Å². The third kappa shape index (κ3) is 13.8. The molecule has 0 heterocycles. The molecule has 0 aromatic heterocycles. The molecule has 0 aromatic rings. The zero-order valence-electron chi connectivity index (χ0n) is 8.63. The van der Waals surface area contributed by atoms with Gasteiger partial charge in [0.1, 0.15) is 0 Å². The van der Waals surface area contributed by atoms with Gasteiger partial charge in [0.2, 0.25) is 5.91 Å². The summed E-state index contributed by atoms with van der Waals surface area (Å²) in [6.07, 6.45) is -0.000648. The number of amides is 1. The number of hydrogen-bond acceptors (Lipinski definition) is 3. The molecule has 0 radical (unpaired) electrons. The minimum absolute atomic E-state index is 0.0856. The van der Waals surface area contributed by atoms with Gasteiger partial charge in [-0.15, -0.1) is 0 Å². The van der Waals surface area contributed by atoms with Gasteiger partial charge in [-0.1, -0.05) is 0 Å². The van der Waals surface area contributed by atoms with Crippen LogP contribution in [-0.4, -0.2) is 50.1 Å². The monoisotopic (exact) mass is 190 g/mol. The number of carbonyl (C=O) groups is 2. The Morgan fingerprint density at radius 2 is 1.62 bits per heavy atom. The van der Waals surface area contributed by atoms with Crippen LogP contribution < -0.4 is 5.32 Å². The molecule has 0 unspecified atom stereocenters. The summed E-state index contributed by atoms with van der Waals surface area (Å²) in [7, 11) is 6.95. The predicted molar refractivity (Wildman–Crippen MR) is 50.5 cm³/mol. The summed E-state index contributed by atoms with van der Waals surface area (Å²) in [5.41, 5.74) is 0. The lowest BCUT2D eigenvalue weighted by Crippen LogP contribution is -2.22. The fourth-order valence-electron chi connectivity index (χ4n) is 0.437. The second-order valence-electron chi connectivity index (χ2n) is 2.68. The fourth-order valence-corrected chi connectivity index (χ4v) is 0.437. The van der Waals surface area contributed by atoms with E-state index >= 15 is 0 Å². The first-order valence-electron chi connectivity index (χ1n) is 3.96. The molecule has 0 fully saturated rings. The first kappa shape index (κ1) is 14.4. The molecule has 0 saturated heterocycles. The van der Waals surface area contributed by atoms with Gasteiger partial charge in [-0.05, 0) is 14.1 Å². The smallest absolute Gasteiger partial charge is 0.303 e. The number of carboxylic acids is 1. The van der Waals surface area contributed by atoms with Crippen molar-refractivity contribution in [2.45, 2.75) is 12.8 Å². The van der Waals surface area contributed by atoms with Crippen molar-refractivity contribution in [3.05, 3.63) is 0 Å². The SMILES string of the molecule is CN(C)C(=O)CCC(=O)O.CNC. The van der Waals surface area contributed by atoms with Gasteiger partial charge in [-0.25, -0.2) is 0 Å². The molecule has 0 atom stereocenters. The largest absolute Gasteiger partial charge is 0.481 e. The molecule has 0 aliphatic carbocycles. The molecule has 0 saturated carbocycles. The maximum atomic E-state index is 10.7. The van der Waals surface area contributed by atoms with Crippen LogP contribution in [0.3, 0.4) is 0 Å². The fraction of sp³-hybridized carbons (Fsp3) is 0.750. The van der Waals surface area contributed by atoms with Crippen LogP contribution >= 0.6 is 0 Å². The van der Waals surface area contributed by atoms with Crippen LogP contribution in [0, 0.1) is 0 Å². The van der Waals surface area contributed by atoms with Crippen molar-refractivity contribution in [2.24, 2.45) is 0 Å². The zero-order valence-corrected chi connectivity index (χ0v) is 8.63. The molecular weight excluding hydrogens is 172 g/mol. The van der Waals surface area contributed by atoms with E-state index in [4.69, 9.17) is 5.11 Å². The Morgan fingerprint density at radius 1 is 1.23 bits per heavy atom. The van der Waals surface area contributed by atoms with Crippen molar-refractivity contribution in [3.63, 3.8) is 0 Å². The number of carbonyl (C=O) groups excluding carboxylic acids is 1. The van der Waals surface area contributed by atoms with Gasteiger partial charge in [0.05, 0.1) is 6.42 Å². The van der Waals surface area contributed by atoms with Crippen molar-refractivity contribution in [1.29, 1.82) is 0 Å². The number of hydrogen-bond donors (Lipinski definition) is 2. The van der Waals surface area contributed by atoms with Gasteiger partial charge >= 0.3 is 5.97 Å². The van der Waals surface area contributed by atoms with Crippen LogP contribution in [0.25, 0.3) is 0 Å². The van der Waals surface area contributed by atoms with Gasteiger partial charge in [0, 0.05) is 20.5 Å². The van der Waals surface area contributed by atoms with Crippen LogP contribution in [0.2, 0.25) is 0 Å². The lowest BCUT2D eigenvalue weighted by Gasteiger charge is -2.07. The molecule has 0 bridgehead atoms. The third-order valence-electron chi connectivity index (χ3n) is 1.05. The van der Waals surface area contributed by atoms with E-state index < -0.39 is 5.97 Å². The first-order chi connectivity index (χ1) is 5.95.